The number of aromatic nitrogens is 2. The normalized spacial score (nSPS) is 12.7. The van der Waals surface area contributed by atoms with Crippen molar-refractivity contribution in [3.8, 4) is 0 Å². The second-order valence-corrected chi connectivity index (χ2v) is 4.94. The smallest absolute Gasteiger partial charge is 0.128 e. The lowest BCUT2D eigenvalue weighted by atomic mass is 10.0. The summed E-state index contributed by atoms with van der Waals surface area (Å²) >= 11 is 3.40. The van der Waals surface area contributed by atoms with Crippen molar-refractivity contribution in [1.29, 1.82) is 0 Å². The first kappa shape index (κ1) is 14.1. The molecule has 1 heterocycles. The average molecular weight is 330 g/mol. The highest BCUT2D eigenvalue weighted by atomic mass is 79.9. The zero-order valence-corrected chi connectivity index (χ0v) is 12.2. The number of nitrogens with zero attached hydrogens (tertiary/aromatic N) is 2. The van der Waals surface area contributed by atoms with Gasteiger partial charge in [-0.2, -0.15) is 5.10 Å². The number of nitrogens with one attached hydrogen (secondary N) is 1. The molecule has 0 amide bonds. The van der Waals surface area contributed by atoms with Gasteiger partial charge in [0.2, 0.25) is 0 Å². The van der Waals surface area contributed by atoms with Crippen molar-refractivity contribution in [2.45, 2.75) is 19.5 Å². The maximum atomic E-state index is 13.9. The first-order valence-electron chi connectivity index (χ1n) is 5.91. The van der Waals surface area contributed by atoms with Gasteiger partial charge in [-0.05, 0) is 48.1 Å². The van der Waals surface area contributed by atoms with Crippen molar-refractivity contribution in [3.05, 3.63) is 51.8 Å². The van der Waals surface area contributed by atoms with Gasteiger partial charge in [-0.15, -0.1) is 0 Å². The Morgan fingerprint density at radius 1 is 1.42 bits per heavy atom. The molecule has 102 valence electrons. The third kappa shape index (κ3) is 2.69. The number of hydrogen-bond acceptors (Lipinski definition) is 2. The fourth-order valence-electron chi connectivity index (χ4n) is 2.09. The van der Waals surface area contributed by atoms with Gasteiger partial charge in [0.25, 0.3) is 0 Å². The topological polar surface area (TPSA) is 29.9 Å². The van der Waals surface area contributed by atoms with Crippen LogP contribution in [-0.4, -0.2) is 16.8 Å². The van der Waals surface area contributed by atoms with Crippen LogP contribution in [0.1, 0.15) is 24.2 Å². The lowest BCUT2D eigenvalue weighted by Gasteiger charge is -2.19. The van der Waals surface area contributed by atoms with Crippen LogP contribution in [0.15, 0.2) is 28.9 Å². The van der Waals surface area contributed by atoms with Crippen LogP contribution < -0.4 is 5.32 Å². The molecule has 0 fully saturated rings. The lowest BCUT2D eigenvalue weighted by Crippen LogP contribution is -2.23. The highest BCUT2D eigenvalue weighted by Crippen LogP contribution is 2.30. The Morgan fingerprint density at radius 2 is 2.16 bits per heavy atom. The van der Waals surface area contributed by atoms with Crippen molar-refractivity contribution < 1.29 is 8.78 Å². The number of benzene rings is 1. The molecule has 6 heteroatoms. The second kappa shape index (κ2) is 5.79. The number of aryl methyl sites for hydroxylation is 1. The van der Waals surface area contributed by atoms with Gasteiger partial charge in [-0.25, -0.2) is 8.78 Å². The highest BCUT2D eigenvalue weighted by Gasteiger charge is 2.23. The van der Waals surface area contributed by atoms with E-state index in [2.05, 4.69) is 26.3 Å². The zero-order valence-electron chi connectivity index (χ0n) is 10.6. The highest BCUT2D eigenvalue weighted by molar-refractivity contribution is 9.10. The summed E-state index contributed by atoms with van der Waals surface area (Å²) in [6.07, 6.45) is 1.65. The number of halogens is 3. The number of rotatable bonds is 4. The predicted molar refractivity (Wildman–Crippen MR) is 72.9 cm³/mol. The molecule has 0 saturated heterocycles. The van der Waals surface area contributed by atoms with Crippen molar-refractivity contribution in [2.24, 2.45) is 0 Å². The van der Waals surface area contributed by atoms with E-state index < -0.39 is 17.7 Å². The standard InChI is InChI=1S/C13H14BrF2N3/c1-3-19-13(10(14)7-18-19)12(17-2)9-6-8(15)4-5-11(9)16/h4-7,12,17H,3H2,1-2H3. The molecule has 0 radical (unpaired) electrons. The largest absolute Gasteiger partial charge is 0.308 e. The molecule has 0 aliphatic heterocycles. The Labute approximate surface area is 118 Å². The van der Waals surface area contributed by atoms with Gasteiger partial charge in [-0.3, -0.25) is 4.68 Å². The summed E-state index contributed by atoms with van der Waals surface area (Å²) in [6.45, 7) is 2.59. The van der Waals surface area contributed by atoms with E-state index in [1.54, 1.807) is 17.9 Å². The summed E-state index contributed by atoms with van der Waals surface area (Å²) in [6, 6.07) is 2.98. The molecule has 2 rings (SSSR count). The SMILES string of the molecule is CCn1ncc(Br)c1C(NC)c1cc(F)ccc1F. The van der Waals surface area contributed by atoms with Crippen LogP contribution in [0.5, 0.6) is 0 Å². The number of hydrogen-bond donors (Lipinski definition) is 1. The molecule has 1 N–H and O–H groups in total. The molecule has 0 bridgehead atoms. The Hall–Kier alpha value is -1.27. The molecular weight excluding hydrogens is 316 g/mol. The molecule has 1 aromatic heterocycles. The molecule has 0 aliphatic rings. The van der Waals surface area contributed by atoms with E-state index in [1.807, 2.05) is 6.92 Å². The molecule has 0 saturated carbocycles. The summed E-state index contributed by atoms with van der Waals surface area (Å²) in [5.74, 6) is -0.910. The monoisotopic (exact) mass is 329 g/mol. The Balaban J connectivity index is 2.56. The summed E-state index contributed by atoms with van der Waals surface area (Å²) in [4.78, 5) is 0. The van der Waals surface area contributed by atoms with Crippen LogP contribution >= 0.6 is 15.9 Å². The first-order valence-corrected chi connectivity index (χ1v) is 6.71. The molecule has 3 nitrogen and oxygen atoms in total. The van der Waals surface area contributed by atoms with Gasteiger partial charge < -0.3 is 5.32 Å². The van der Waals surface area contributed by atoms with E-state index >= 15 is 0 Å². The van der Waals surface area contributed by atoms with Crippen molar-refractivity contribution >= 4 is 15.9 Å². The molecule has 0 aliphatic carbocycles. The van der Waals surface area contributed by atoms with Crippen LogP contribution in [0.3, 0.4) is 0 Å². The first-order chi connectivity index (χ1) is 9.08. The van der Waals surface area contributed by atoms with Gasteiger partial charge in [0.15, 0.2) is 0 Å². The van der Waals surface area contributed by atoms with E-state index in [0.29, 0.717) is 6.54 Å². The van der Waals surface area contributed by atoms with Crippen molar-refractivity contribution in [3.63, 3.8) is 0 Å². The minimum Gasteiger partial charge on any atom is -0.308 e. The van der Waals surface area contributed by atoms with Gasteiger partial charge in [0.1, 0.15) is 11.6 Å². The van der Waals surface area contributed by atoms with Crippen LogP contribution in [0.25, 0.3) is 0 Å². The minimum absolute atomic E-state index is 0.262. The van der Waals surface area contributed by atoms with E-state index in [4.69, 9.17) is 0 Å². The average Bonchev–Trinajstić information content (AvgIpc) is 2.76. The van der Waals surface area contributed by atoms with Crippen molar-refractivity contribution in [2.75, 3.05) is 7.05 Å². The van der Waals surface area contributed by atoms with Gasteiger partial charge in [0.05, 0.1) is 22.4 Å². The second-order valence-electron chi connectivity index (χ2n) is 4.08. The van der Waals surface area contributed by atoms with Gasteiger partial charge in [-0.1, -0.05) is 0 Å². The summed E-state index contributed by atoms with van der Waals surface area (Å²) in [5, 5.41) is 7.20. The lowest BCUT2D eigenvalue weighted by molar-refractivity contribution is 0.523. The Kier molecular flexibility index (Phi) is 4.31. The molecule has 2 aromatic rings. The van der Waals surface area contributed by atoms with E-state index in [1.165, 1.54) is 6.07 Å². The zero-order chi connectivity index (χ0) is 14.0. The quantitative estimate of drug-likeness (QED) is 0.933. The molecular formula is C13H14BrF2N3. The minimum atomic E-state index is -0.465. The maximum Gasteiger partial charge on any atom is 0.128 e. The van der Waals surface area contributed by atoms with E-state index in [0.717, 1.165) is 22.3 Å². The molecule has 1 atom stereocenters. The van der Waals surface area contributed by atoms with E-state index in [9.17, 15) is 8.78 Å². The Bertz CT molecular complexity index is 583. The van der Waals surface area contributed by atoms with Crippen LogP contribution in [0.2, 0.25) is 0 Å². The molecule has 19 heavy (non-hydrogen) atoms. The van der Waals surface area contributed by atoms with Gasteiger partial charge >= 0.3 is 0 Å². The van der Waals surface area contributed by atoms with Gasteiger partial charge in [0, 0.05) is 12.1 Å². The van der Waals surface area contributed by atoms with Crippen LogP contribution in [0, 0.1) is 11.6 Å². The van der Waals surface area contributed by atoms with Crippen molar-refractivity contribution in [1.82, 2.24) is 15.1 Å². The predicted octanol–water partition coefficient (Wildman–Crippen LogP) is 3.25. The molecule has 1 unspecified atom stereocenters. The third-order valence-corrected chi connectivity index (χ3v) is 3.57. The summed E-state index contributed by atoms with van der Waals surface area (Å²) < 4.78 is 29.8. The fourth-order valence-corrected chi connectivity index (χ4v) is 2.61. The third-order valence-electron chi connectivity index (χ3n) is 2.96. The van der Waals surface area contributed by atoms with Crippen LogP contribution in [-0.2, 0) is 6.54 Å². The molecule has 0 spiro atoms. The summed E-state index contributed by atoms with van der Waals surface area (Å²) in [7, 11) is 1.70. The van der Waals surface area contributed by atoms with Crippen LogP contribution in [0.4, 0.5) is 8.78 Å². The maximum absolute atomic E-state index is 13.9. The van der Waals surface area contributed by atoms with E-state index in [-0.39, 0.29) is 5.56 Å². The Morgan fingerprint density at radius 3 is 2.79 bits per heavy atom. The molecule has 1 aromatic carbocycles. The summed E-state index contributed by atoms with van der Waals surface area (Å²) in [5.41, 5.74) is 1.04. The fraction of sp³-hybridized carbons (Fsp3) is 0.308.